The Morgan fingerprint density at radius 3 is 2.55 bits per heavy atom. The van der Waals surface area contributed by atoms with Gasteiger partial charge in [0.1, 0.15) is 30.2 Å². The molecule has 0 radical (unpaired) electrons. The molecule has 0 bridgehead atoms. The normalized spacial score (nSPS) is 27.7. The number of hydrogen-bond donors (Lipinski definition) is 4. The van der Waals surface area contributed by atoms with Gasteiger partial charge in [-0.05, 0) is 0 Å². The van der Waals surface area contributed by atoms with E-state index in [4.69, 9.17) is 15.6 Å². The number of nitrogen functional groups attached to an aromatic ring is 1. The zero-order valence-corrected chi connectivity index (χ0v) is 12.2. The molecule has 0 amide bonds. The summed E-state index contributed by atoms with van der Waals surface area (Å²) in [4.78, 5) is 11.9. The molecule has 0 unspecified atom stereocenters. The van der Waals surface area contributed by atoms with Crippen LogP contribution < -0.4 is 5.73 Å². The van der Waals surface area contributed by atoms with Crippen LogP contribution in [0.25, 0.3) is 11.2 Å². The van der Waals surface area contributed by atoms with Gasteiger partial charge in [0.15, 0.2) is 17.7 Å². The van der Waals surface area contributed by atoms with Crippen LogP contribution in [0.15, 0.2) is 12.7 Å². The van der Waals surface area contributed by atoms with Crippen molar-refractivity contribution in [2.45, 2.75) is 24.5 Å². The predicted molar refractivity (Wildman–Crippen MR) is 75.7 cm³/mol. The highest BCUT2D eigenvalue weighted by molar-refractivity contribution is 5.81. The summed E-state index contributed by atoms with van der Waals surface area (Å²) in [6.07, 6.45) is -1.42. The third-order valence-electron chi connectivity index (χ3n) is 3.18. The Kier molecular flexibility index (Phi) is 5.21. The summed E-state index contributed by atoms with van der Waals surface area (Å²) in [5.41, 5.74) is 6.44. The van der Waals surface area contributed by atoms with Crippen molar-refractivity contribution in [3.05, 3.63) is 12.7 Å². The quantitative estimate of drug-likeness (QED) is 0.508. The minimum atomic E-state index is -1.19. The largest absolute Gasteiger partial charge is 0.394 e. The molecule has 0 aliphatic carbocycles. The molecule has 10 heteroatoms. The van der Waals surface area contributed by atoms with Crippen LogP contribution in [0.2, 0.25) is 0 Å². The van der Waals surface area contributed by atoms with Crippen LogP contribution in [0.1, 0.15) is 6.23 Å². The lowest BCUT2D eigenvalue weighted by atomic mass is 10.1. The summed E-state index contributed by atoms with van der Waals surface area (Å²) in [5, 5.41) is 28.7. The van der Waals surface area contributed by atoms with Crippen LogP contribution in [0, 0.1) is 0 Å². The molecule has 5 N–H and O–H groups in total. The van der Waals surface area contributed by atoms with Crippen molar-refractivity contribution >= 4 is 17.0 Å². The fourth-order valence-corrected chi connectivity index (χ4v) is 2.17. The molecule has 10 nitrogen and oxygen atoms in total. The molecule has 1 aliphatic heterocycles. The highest BCUT2D eigenvalue weighted by Gasteiger charge is 2.43. The summed E-state index contributed by atoms with van der Waals surface area (Å²) in [5.74, 6) is 0.218. The Bertz CT molecular complexity index is 621. The maximum absolute atomic E-state index is 9.95. The second kappa shape index (κ2) is 6.94. The molecule has 0 spiro atoms. The molecule has 1 fully saturated rings. The first-order valence-electron chi connectivity index (χ1n) is 6.50. The van der Waals surface area contributed by atoms with E-state index in [2.05, 4.69) is 19.7 Å². The van der Waals surface area contributed by atoms with Crippen LogP contribution in [0.3, 0.4) is 0 Å². The lowest BCUT2D eigenvalue weighted by Gasteiger charge is -2.16. The summed E-state index contributed by atoms with van der Waals surface area (Å²) in [7, 11) is 3.25. The fourth-order valence-electron chi connectivity index (χ4n) is 2.17. The van der Waals surface area contributed by atoms with Crippen molar-refractivity contribution in [1.82, 2.24) is 19.5 Å². The van der Waals surface area contributed by atoms with E-state index >= 15 is 0 Å². The first kappa shape index (κ1) is 16.5. The zero-order chi connectivity index (χ0) is 16.3. The van der Waals surface area contributed by atoms with E-state index in [1.165, 1.54) is 17.2 Å². The summed E-state index contributed by atoms with van der Waals surface area (Å²) in [6, 6.07) is 0. The number of imidazole rings is 1. The van der Waals surface area contributed by atoms with Crippen molar-refractivity contribution in [2.24, 2.45) is 0 Å². The molecular weight excluding hydrogens is 294 g/mol. The van der Waals surface area contributed by atoms with Gasteiger partial charge in [0, 0.05) is 14.2 Å². The minimum Gasteiger partial charge on any atom is -0.394 e. The first-order chi connectivity index (χ1) is 10.5. The second-order valence-corrected chi connectivity index (χ2v) is 4.72. The minimum absolute atomic E-state index is 0.218. The SMILES string of the molecule is COC.Nc1ncnc2c1ncn2[C@@H]1O[C@H](CO)[C@@H](O)[C@H]1O. The van der Waals surface area contributed by atoms with Crippen molar-refractivity contribution in [3.63, 3.8) is 0 Å². The molecule has 0 aromatic carbocycles. The summed E-state index contributed by atoms with van der Waals surface area (Å²) < 4.78 is 11.1. The molecule has 3 rings (SSSR count). The van der Waals surface area contributed by atoms with Crippen LogP contribution in [0.4, 0.5) is 5.82 Å². The number of aromatic nitrogens is 4. The highest BCUT2D eigenvalue weighted by Crippen LogP contribution is 2.31. The van der Waals surface area contributed by atoms with Crippen LogP contribution in [-0.4, -0.2) is 74.0 Å². The van der Waals surface area contributed by atoms with Gasteiger partial charge in [0.05, 0.1) is 12.9 Å². The third-order valence-corrected chi connectivity index (χ3v) is 3.18. The maximum atomic E-state index is 9.95. The van der Waals surface area contributed by atoms with E-state index in [-0.39, 0.29) is 5.82 Å². The monoisotopic (exact) mass is 313 g/mol. The van der Waals surface area contributed by atoms with E-state index in [0.717, 1.165) is 0 Å². The Balaban J connectivity index is 0.000000545. The number of aliphatic hydroxyl groups is 3. The van der Waals surface area contributed by atoms with E-state index in [1.807, 2.05) is 0 Å². The number of aliphatic hydroxyl groups excluding tert-OH is 3. The van der Waals surface area contributed by atoms with Gasteiger partial charge < -0.3 is 30.5 Å². The lowest BCUT2D eigenvalue weighted by Crippen LogP contribution is -2.33. The fraction of sp³-hybridized carbons (Fsp3) is 0.583. The van der Waals surface area contributed by atoms with Crippen molar-refractivity contribution in [2.75, 3.05) is 26.6 Å². The van der Waals surface area contributed by atoms with Gasteiger partial charge in [0.25, 0.3) is 0 Å². The molecule has 122 valence electrons. The smallest absolute Gasteiger partial charge is 0.167 e. The van der Waals surface area contributed by atoms with Gasteiger partial charge in [-0.15, -0.1) is 0 Å². The number of fused-ring (bicyclic) bond motifs is 1. The molecular formula is C12H19N5O5. The van der Waals surface area contributed by atoms with Crippen molar-refractivity contribution in [1.29, 1.82) is 0 Å². The number of hydrogen-bond acceptors (Lipinski definition) is 9. The Morgan fingerprint density at radius 1 is 1.27 bits per heavy atom. The van der Waals surface area contributed by atoms with Crippen molar-refractivity contribution in [3.8, 4) is 0 Å². The number of ether oxygens (including phenoxy) is 2. The predicted octanol–water partition coefficient (Wildman–Crippen LogP) is -1.72. The average molecular weight is 313 g/mol. The molecule has 0 saturated carbocycles. The summed E-state index contributed by atoms with van der Waals surface area (Å²) in [6.45, 7) is -0.390. The Morgan fingerprint density at radius 2 is 1.95 bits per heavy atom. The van der Waals surface area contributed by atoms with E-state index < -0.39 is 31.1 Å². The van der Waals surface area contributed by atoms with Gasteiger partial charge >= 0.3 is 0 Å². The number of rotatable bonds is 2. The lowest BCUT2D eigenvalue weighted by molar-refractivity contribution is -0.0511. The molecule has 2 aromatic heterocycles. The molecule has 22 heavy (non-hydrogen) atoms. The first-order valence-corrected chi connectivity index (χ1v) is 6.50. The summed E-state index contributed by atoms with van der Waals surface area (Å²) >= 11 is 0. The van der Waals surface area contributed by atoms with Gasteiger partial charge in [-0.2, -0.15) is 0 Å². The standard InChI is InChI=1S/C10H13N5O4.C2H6O/c11-8-5-9(13-2-12-8)15(3-14-5)10-7(18)6(17)4(1-16)19-10;1-3-2/h2-4,6-7,10,16-18H,1H2,(H2,11,12,13);1-2H3/t4-,6-,7-,10-;/m1./s1. The Labute approximate surface area is 126 Å². The molecule has 1 saturated heterocycles. The Hall–Kier alpha value is -1.85. The number of nitrogens with two attached hydrogens (primary N) is 1. The van der Waals surface area contributed by atoms with Gasteiger partial charge in [-0.25, -0.2) is 15.0 Å². The maximum Gasteiger partial charge on any atom is 0.167 e. The van der Waals surface area contributed by atoms with E-state index in [9.17, 15) is 10.2 Å². The van der Waals surface area contributed by atoms with Crippen LogP contribution >= 0.6 is 0 Å². The van der Waals surface area contributed by atoms with Gasteiger partial charge in [-0.3, -0.25) is 4.57 Å². The third kappa shape index (κ3) is 2.87. The van der Waals surface area contributed by atoms with E-state index in [1.54, 1.807) is 14.2 Å². The van der Waals surface area contributed by atoms with Crippen LogP contribution in [-0.2, 0) is 9.47 Å². The van der Waals surface area contributed by atoms with Gasteiger partial charge in [-0.1, -0.05) is 0 Å². The highest BCUT2D eigenvalue weighted by atomic mass is 16.6. The van der Waals surface area contributed by atoms with Crippen molar-refractivity contribution < 1.29 is 24.8 Å². The molecule has 4 atom stereocenters. The van der Waals surface area contributed by atoms with E-state index in [0.29, 0.717) is 11.2 Å². The zero-order valence-electron chi connectivity index (χ0n) is 12.2. The average Bonchev–Trinajstić information content (AvgIpc) is 3.04. The molecule has 2 aromatic rings. The number of methoxy groups -OCH3 is 1. The molecule has 1 aliphatic rings. The van der Waals surface area contributed by atoms with Crippen LogP contribution in [0.5, 0.6) is 0 Å². The topological polar surface area (TPSA) is 149 Å². The van der Waals surface area contributed by atoms with Gasteiger partial charge in [0.2, 0.25) is 0 Å². The number of nitrogens with zero attached hydrogens (tertiary/aromatic N) is 4. The molecule has 3 heterocycles. The number of anilines is 1. The second-order valence-electron chi connectivity index (χ2n) is 4.72.